The van der Waals surface area contributed by atoms with E-state index in [1.54, 1.807) is 0 Å². The molecule has 5 nitrogen and oxygen atoms in total. The maximum absolute atomic E-state index is 12.7. The fourth-order valence-corrected chi connectivity index (χ4v) is 5.00. The molecule has 0 spiro atoms. The molecule has 2 N–H and O–H groups in total. The fraction of sp³-hybridized carbons (Fsp3) is 0.905. The number of nitrogens with zero attached hydrogens (tertiary/aromatic N) is 2. The Bertz CT molecular complexity index is 486. The van der Waals surface area contributed by atoms with Gasteiger partial charge in [-0.3, -0.25) is 9.79 Å². The normalized spacial score (nSPS) is 31.1. The van der Waals surface area contributed by atoms with Crippen molar-refractivity contribution in [2.24, 2.45) is 22.7 Å². The number of rotatable bonds is 4. The van der Waals surface area contributed by atoms with Crippen LogP contribution < -0.4 is 10.6 Å². The van der Waals surface area contributed by atoms with Crippen molar-refractivity contribution in [3.8, 4) is 0 Å². The number of aliphatic imine (C=N–C) groups is 1. The van der Waals surface area contributed by atoms with Crippen molar-refractivity contribution in [2.75, 3.05) is 26.7 Å². The molecule has 3 aliphatic rings. The summed E-state index contributed by atoms with van der Waals surface area (Å²) in [6.07, 6.45) is 12.4. The summed E-state index contributed by atoms with van der Waals surface area (Å²) in [5.41, 5.74) is 0. The molecule has 1 saturated heterocycles. The van der Waals surface area contributed by atoms with Crippen LogP contribution in [0.25, 0.3) is 0 Å². The van der Waals surface area contributed by atoms with Crippen molar-refractivity contribution in [3.05, 3.63) is 0 Å². The van der Waals surface area contributed by atoms with E-state index in [0.29, 0.717) is 11.9 Å². The van der Waals surface area contributed by atoms with E-state index < -0.39 is 0 Å². The molecule has 0 aromatic rings. The highest BCUT2D eigenvalue weighted by Crippen LogP contribution is 2.29. The Morgan fingerprint density at radius 1 is 1.04 bits per heavy atom. The smallest absolute Gasteiger partial charge is 0.225 e. The molecule has 1 heterocycles. The number of hydrogen-bond donors (Lipinski definition) is 2. The molecule has 148 valence electrons. The molecule has 0 aromatic carbocycles. The highest BCUT2D eigenvalue weighted by molar-refractivity contribution is 5.81. The SMILES string of the molecule is CN=C(NCC1CCCCC1C)NC1CCN(C(=O)C2CCCCC2)C1. The van der Waals surface area contributed by atoms with Crippen LogP contribution >= 0.6 is 0 Å². The van der Waals surface area contributed by atoms with Gasteiger partial charge in [-0.1, -0.05) is 45.4 Å². The van der Waals surface area contributed by atoms with Crippen molar-refractivity contribution in [3.63, 3.8) is 0 Å². The molecule has 5 heteroatoms. The van der Waals surface area contributed by atoms with Crippen LogP contribution in [-0.4, -0.2) is 49.5 Å². The van der Waals surface area contributed by atoms with Crippen LogP contribution in [-0.2, 0) is 4.79 Å². The third-order valence-corrected chi connectivity index (χ3v) is 6.84. The van der Waals surface area contributed by atoms with Crippen LogP contribution in [0.1, 0.15) is 71.1 Å². The van der Waals surface area contributed by atoms with Gasteiger partial charge in [0.1, 0.15) is 0 Å². The van der Waals surface area contributed by atoms with E-state index in [1.165, 1.54) is 44.9 Å². The monoisotopic (exact) mass is 362 g/mol. The molecule has 26 heavy (non-hydrogen) atoms. The van der Waals surface area contributed by atoms with E-state index in [0.717, 1.165) is 56.7 Å². The molecule has 0 radical (unpaired) electrons. The minimum Gasteiger partial charge on any atom is -0.356 e. The van der Waals surface area contributed by atoms with Crippen molar-refractivity contribution < 1.29 is 4.79 Å². The van der Waals surface area contributed by atoms with Gasteiger partial charge in [0.25, 0.3) is 0 Å². The molecule has 2 aliphatic carbocycles. The second-order valence-corrected chi connectivity index (χ2v) is 8.72. The number of nitrogens with one attached hydrogen (secondary N) is 2. The predicted molar refractivity (Wildman–Crippen MR) is 107 cm³/mol. The van der Waals surface area contributed by atoms with Crippen molar-refractivity contribution in [2.45, 2.75) is 77.2 Å². The van der Waals surface area contributed by atoms with Crippen LogP contribution in [0.4, 0.5) is 0 Å². The topological polar surface area (TPSA) is 56.7 Å². The third kappa shape index (κ3) is 5.14. The fourth-order valence-electron chi connectivity index (χ4n) is 5.00. The lowest BCUT2D eigenvalue weighted by atomic mass is 9.80. The second kappa shape index (κ2) is 9.61. The van der Waals surface area contributed by atoms with E-state index in [9.17, 15) is 4.79 Å². The molecule has 1 aliphatic heterocycles. The Morgan fingerprint density at radius 2 is 1.77 bits per heavy atom. The van der Waals surface area contributed by atoms with Crippen molar-refractivity contribution in [1.82, 2.24) is 15.5 Å². The highest BCUT2D eigenvalue weighted by atomic mass is 16.2. The maximum Gasteiger partial charge on any atom is 0.225 e. The lowest BCUT2D eigenvalue weighted by molar-refractivity contribution is -0.135. The van der Waals surface area contributed by atoms with Crippen LogP contribution in [0.15, 0.2) is 4.99 Å². The first-order chi connectivity index (χ1) is 12.7. The first-order valence-corrected chi connectivity index (χ1v) is 10.9. The van der Waals surface area contributed by atoms with Gasteiger partial charge in [0, 0.05) is 38.6 Å². The van der Waals surface area contributed by atoms with Crippen LogP contribution in [0.3, 0.4) is 0 Å². The van der Waals surface area contributed by atoms with E-state index in [1.807, 2.05) is 7.05 Å². The summed E-state index contributed by atoms with van der Waals surface area (Å²) in [5, 5.41) is 7.09. The molecule has 0 bridgehead atoms. The van der Waals surface area contributed by atoms with Gasteiger partial charge >= 0.3 is 0 Å². The summed E-state index contributed by atoms with van der Waals surface area (Å²) in [7, 11) is 1.85. The number of carbonyl (C=O) groups excluding carboxylic acids is 1. The average molecular weight is 363 g/mol. The summed E-state index contributed by atoms with van der Waals surface area (Å²) in [4.78, 5) is 19.2. The van der Waals surface area contributed by atoms with Gasteiger partial charge < -0.3 is 15.5 Å². The molecular weight excluding hydrogens is 324 g/mol. The summed E-state index contributed by atoms with van der Waals surface area (Å²) in [6, 6.07) is 0.331. The third-order valence-electron chi connectivity index (χ3n) is 6.84. The summed E-state index contributed by atoms with van der Waals surface area (Å²) >= 11 is 0. The van der Waals surface area contributed by atoms with Crippen LogP contribution in [0.5, 0.6) is 0 Å². The van der Waals surface area contributed by atoms with E-state index in [4.69, 9.17) is 0 Å². The molecule has 3 fully saturated rings. The number of hydrogen-bond acceptors (Lipinski definition) is 2. The van der Waals surface area contributed by atoms with Gasteiger partial charge in [-0.15, -0.1) is 0 Å². The molecule has 1 amide bonds. The number of carbonyl (C=O) groups is 1. The lowest BCUT2D eigenvalue weighted by Gasteiger charge is -2.30. The number of guanidine groups is 1. The zero-order valence-corrected chi connectivity index (χ0v) is 16.8. The molecular formula is C21H38N4O. The summed E-state index contributed by atoms with van der Waals surface area (Å²) < 4.78 is 0. The van der Waals surface area contributed by atoms with Crippen molar-refractivity contribution in [1.29, 1.82) is 0 Å². The van der Waals surface area contributed by atoms with Gasteiger partial charge in [-0.05, 0) is 37.5 Å². The Kier molecular flexibility index (Phi) is 7.21. The average Bonchev–Trinajstić information content (AvgIpc) is 3.15. The van der Waals surface area contributed by atoms with Gasteiger partial charge in [0.05, 0.1) is 0 Å². The predicted octanol–water partition coefficient (Wildman–Crippen LogP) is 3.16. The zero-order valence-electron chi connectivity index (χ0n) is 16.8. The van der Waals surface area contributed by atoms with Crippen LogP contribution in [0, 0.1) is 17.8 Å². The van der Waals surface area contributed by atoms with Crippen molar-refractivity contribution >= 4 is 11.9 Å². The molecule has 3 atom stereocenters. The number of likely N-dealkylation sites (tertiary alicyclic amines) is 1. The maximum atomic E-state index is 12.7. The summed E-state index contributed by atoms with van der Waals surface area (Å²) in [5.74, 6) is 3.15. The number of amides is 1. The minimum absolute atomic E-state index is 0.285. The van der Waals surface area contributed by atoms with Gasteiger partial charge in [-0.25, -0.2) is 0 Å². The molecule has 3 unspecified atom stereocenters. The molecule has 2 saturated carbocycles. The Morgan fingerprint density at radius 3 is 2.50 bits per heavy atom. The Hall–Kier alpha value is -1.26. The largest absolute Gasteiger partial charge is 0.356 e. The standard InChI is InChI=1S/C21H38N4O/c1-16-8-6-7-11-18(16)14-23-21(22-2)24-19-12-13-25(15-19)20(26)17-9-4-3-5-10-17/h16-19H,3-15H2,1-2H3,(H2,22,23,24). The van der Waals surface area contributed by atoms with Gasteiger partial charge in [0.15, 0.2) is 5.96 Å². The second-order valence-electron chi connectivity index (χ2n) is 8.72. The molecule has 0 aromatic heterocycles. The lowest BCUT2D eigenvalue weighted by Crippen LogP contribution is -2.47. The zero-order chi connectivity index (χ0) is 18.4. The van der Waals surface area contributed by atoms with Gasteiger partial charge in [-0.2, -0.15) is 0 Å². The van der Waals surface area contributed by atoms with E-state index >= 15 is 0 Å². The van der Waals surface area contributed by atoms with E-state index in [2.05, 4.69) is 27.4 Å². The summed E-state index contributed by atoms with van der Waals surface area (Å²) in [6.45, 7) is 5.12. The van der Waals surface area contributed by atoms with Gasteiger partial charge in [0.2, 0.25) is 5.91 Å². The first kappa shape index (κ1) is 19.5. The van der Waals surface area contributed by atoms with E-state index in [-0.39, 0.29) is 5.92 Å². The highest BCUT2D eigenvalue weighted by Gasteiger charge is 2.32. The Balaban J connectivity index is 1.42. The Labute approximate surface area is 159 Å². The quantitative estimate of drug-likeness (QED) is 0.597. The van der Waals surface area contributed by atoms with Crippen LogP contribution in [0.2, 0.25) is 0 Å². The minimum atomic E-state index is 0.285. The molecule has 3 rings (SSSR count). The first-order valence-electron chi connectivity index (χ1n) is 10.9.